The second-order valence-electron chi connectivity index (χ2n) is 13.0. The van der Waals surface area contributed by atoms with Crippen molar-refractivity contribution in [3.05, 3.63) is 119 Å². The van der Waals surface area contributed by atoms with E-state index in [2.05, 4.69) is 69.0 Å². The zero-order valence-corrected chi connectivity index (χ0v) is 28.6. The summed E-state index contributed by atoms with van der Waals surface area (Å²) in [6.07, 6.45) is 5.80. The fourth-order valence-electron chi connectivity index (χ4n) is 6.23. The van der Waals surface area contributed by atoms with Crippen LogP contribution >= 0.6 is 0 Å². The predicted octanol–water partition coefficient (Wildman–Crippen LogP) is 4.24. The van der Waals surface area contributed by atoms with Gasteiger partial charge in [-0.3, -0.25) is 29.4 Å². The van der Waals surface area contributed by atoms with Crippen LogP contribution in [0.15, 0.2) is 91.4 Å². The standard InChI is InChI=1S/C38H36N8O6/c1-38(2,25-6-11-29(12-7-25)52-23-27-16-18-40-37(42-27)45-20-19-41-44-45)24-4-9-28(10-5-24)51-21-3-17-39-26-8-13-30-31(22-26)36(50)46(35(30)49)32-14-15-33(47)43-34(32)48/h4-13,16,18-20,22,32,39H,3,14-15,17,21,23H2,1-2H3,(H,43,47,48). The maximum absolute atomic E-state index is 13.1. The number of amides is 4. The van der Waals surface area contributed by atoms with Gasteiger partial charge in [0.1, 0.15) is 24.1 Å². The average molecular weight is 701 g/mol. The van der Waals surface area contributed by atoms with E-state index < -0.39 is 29.7 Å². The van der Waals surface area contributed by atoms with Crippen LogP contribution in [0.4, 0.5) is 5.69 Å². The van der Waals surface area contributed by atoms with Crippen molar-refractivity contribution in [3.63, 3.8) is 0 Å². The molecule has 1 fully saturated rings. The molecule has 0 bridgehead atoms. The molecule has 0 aliphatic carbocycles. The Kier molecular flexibility index (Phi) is 9.44. The highest BCUT2D eigenvalue weighted by Crippen LogP contribution is 2.34. The van der Waals surface area contributed by atoms with Crippen LogP contribution in [0.1, 0.15) is 70.6 Å². The molecule has 2 N–H and O–H groups in total. The van der Waals surface area contributed by atoms with Gasteiger partial charge >= 0.3 is 0 Å². The van der Waals surface area contributed by atoms with Crippen LogP contribution in [0.2, 0.25) is 0 Å². The Bertz CT molecular complexity index is 2120. The molecule has 14 heteroatoms. The van der Waals surface area contributed by atoms with Crippen molar-refractivity contribution in [2.45, 2.75) is 51.2 Å². The van der Waals surface area contributed by atoms with Gasteiger partial charge in [-0.2, -0.15) is 4.68 Å². The van der Waals surface area contributed by atoms with Crippen molar-refractivity contribution >= 4 is 29.3 Å². The zero-order chi connectivity index (χ0) is 36.2. The number of rotatable bonds is 13. The summed E-state index contributed by atoms with van der Waals surface area (Å²) in [6.45, 7) is 5.68. The number of anilines is 1. The summed E-state index contributed by atoms with van der Waals surface area (Å²) in [4.78, 5) is 59.5. The molecular weight excluding hydrogens is 664 g/mol. The number of benzene rings is 3. The largest absolute Gasteiger partial charge is 0.494 e. The van der Waals surface area contributed by atoms with Gasteiger partial charge in [-0.15, -0.1) is 5.10 Å². The van der Waals surface area contributed by atoms with E-state index in [4.69, 9.17) is 9.47 Å². The van der Waals surface area contributed by atoms with Gasteiger partial charge in [0.05, 0.1) is 35.8 Å². The molecule has 2 aliphatic heterocycles. The predicted molar refractivity (Wildman–Crippen MR) is 188 cm³/mol. The molecule has 4 heterocycles. The molecule has 5 aromatic rings. The molecule has 3 aromatic carbocycles. The highest BCUT2D eigenvalue weighted by molar-refractivity contribution is 6.23. The lowest BCUT2D eigenvalue weighted by Gasteiger charge is -2.27. The molecule has 0 spiro atoms. The lowest BCUT2D eigenvalue weighted by atomic mass is 9.78. The number of carbonyl (C=O) groups is 4. The third-order valence-electron chi connectivity index (χ3n) is 9.23. The van der Waals surface area contributed by atoms with Crippen molar-refractivity contribution in [1.29, 1.82) is 0 Å². The summed E-state index contributed by atoms with van der Waals surface area (Å²) < 4.78 is 13.5. The third kappa shape index (κ3) is 7.08. The van der Waals surface area contributed by atoms with Crippen LogP contribution in [0.5, 0.6) is 11.5 Å². The van der Waals surface area contributed by atoms with Crippen molar-refractivity contribution in [1.82, 2.24) is 35.2 Å². The van der Waals surface area contributed by atoms with Crippen LogP contribution in [-0.2, 0) is 21.6 Å². The summed E-state index contributed by atoms with van der Waals surface area (Å²) in [5.41, 5.74) is 3.90. The first-order chi connectivity index (χ1) is 25.2. The van der Waals surface area contributed by atoms with Crippen LogP contribution in [0, 0.1) is 0 Å². The molecule has 1 saturated heterocycles. The molecule has 0 saturated carbocycles. The molecule has 0 radical (unpaired) electrons. The second kappa shape index (κ2) is 14.4. The number of piperidine rings is 1. The number of nitrogens with zero attached hydrogens (tertiary/aromatic N) is 6. The van der Waals surface area contributed by atoms with Crippen molar-refractivity contribution in [3.8, 4) is 17.4 Å². The van der Waals surface area contributed by atoms with Crippen molar-refractivity contribution < 1.29 is 28.7 Å². The fraction of sp³-hybridized carbons (Fsp3) is 0.263. The summed E-state index contributed by atoms with van der Waals surface area (Å²) >= 11 is 0. The molecule has 52 heavy (non-hydrogen) atoms. The Morgan fingerprint density at radius 3 is 2.27 bits per heavy atom. The molecule has 2 aliphatic rings. The number of fused-ring (bicyclic) bond motifs is 1. The zero-order valence-electron chi connectivity index (χ0n) is 28.6. The van der Waals surface area contributed by atoms with Crippen LogP contribution in [0.25, 0.3) is 5.95 Å². The van der Waals surface area contributed by atoms with Gasteiger partial charge in [0, 0.05) is 30.3 Å². The minimum atomic E-state index is -0.991. The highest BCUT2D eigenvalue weighted by atomic mass is 16.5. The van der Waals surface area contributed by atoms with Crippen LogP contribution in [0.3, 0.4) is 0 Å². The lowest BCUT2D eigenvalue weighted by molar-refractivity contribution is -0.136. The Morgan fingerprint density at radius 2 is 1.58 bits per heavy atom. The van der Waals surface area contributed by atoms with Gasteiger partial charge in [0.15, 0.2) is 0 Å². The molecule has 7 rings (SSSR count). The molecule has 4 amide bonds. The maximum Gasteiger partial charge on any atom is 0.262 e. The third-order valence-corrected chi connectivity index (χ3v) is 9.23. The van der Waals surface area contributed by atoms with Crippen LogP contribution in [-0.4, -0.2) is 72.7 Å². The molecular formula is C38H36N8O6. The summed E-state index contributed by atoms with van der Waals surface area (Å²) in [5.74, 6) is -0.175. The van der Waals surface area contributed by atoms with E-state index in [0.29, 0.717) is 31.2 Å². The number of hydrogen-bond acceptors (Lipinski definition) is 11. The normalized spacial score (nSPS) is 15.7. The Labute approximate surface area is 299 Å². The molecule has 2 aromatic heterocycles. The molecule has 14 nitrogen and oxygen atoms in total. The Hall–Kier alpha value is -6.44. The summed E-state index contributed by atoms with van der Waals surface area (Å²) in [6, 6.07) is 21.9. The topological polar surface area (TPSA) is 171 Å². The maximum atomic E-state index is 13.1. The lowest BCUT2D eigenvalue weighted by Crippen LogP contribution is -2.54. The van der Waals surface area contributed by atoms with Gasteiger partial charge in [0.25, 0.3) is 17.8 Å². The number of hydrogen-bond donors (Lipinski definition) is 2. The van der Waals surface area contributed by atoms with E-state index in [0.717, 1.165) is 33.2 Å². The van der Waals surface area contributed by atoms with Gasteiger partial charge in [0.2, 0.25) is 11.8 Å². The first kappa shape index (κ1) is 34.0. The monoisotopic (exact) mass is 700 g/mol. The second-order valence-corrected chi connectivity index (χ2v) is 13.0. The van der Waals surface area contributed by atoms with Crippen LogP contribution < -0.4 is 20.1 Å². The number of aromatic nitrogens is 5. The summed E-state index contributed by atoms with van der Waals surface area (Å²) in [7, 11) is 0. The SMILES string of the molecule is CC(C)(c1ccc(OCCCNc2ccc3c(c2)C(=O)N(C2CCC(=O)NC2=O)C3=O)cc1)c1ccc(OCc2ccnc(-n3ccnn3)n2)cc1. The molecule has 1 atom stereocenters. The van der Waals surface area contributed by atoms with E-state index >= 15 is 0 Å². The van der Waals surface area contributed by atoms with Gasteiger partial charge < -0.3 is 14.8 Å². The number of carbonyl (C=O) groups excluding carboxylic acids is 4. The van der Waals surface area contributed by atoms with E-state index in [1.54, 1.807) is 42.9 Å². The molecule has 1 unspecified atom stereocenters. The summed E-state index contributed by atoms with van der Waals surface area (Å²) in [5, 5.41) is 13.2. The van der Waals surface area contributed by atoms with Gasteiger partial charge in [-0.25, -0.2) is 9.97 Å². The quantitative estimate of drug-likeness (QED) is 0.133. The van der Waals surface area contributed by atoms with E-state index in [1.807, 2.05) is 24.3 Å². The minimum absolute atomic E-state index is 0.0774. The van der Waals surface area contributed by atoms with Crippen molar-refractivity contribution in [2.24, 2.45) is 0 Å². The Balaban J connectivity index is 0.871. The van der Waals surface area contributed by atoms with Gasteiger partial charge in [-0.05, 0) is 72.5 Å². The number of ether oxygens (including phenoxy) is 2. The van der Waals surface area contributed by atoms with E-state index in [-0.39, 0.29) is 36.0 Å². The van der Waals surface area contributed by atoms with E-state index in [9.17, 15) is 19.2 Å². The number of nitrogens with one attached hydrogen (secondary N) is 2. The Morgan fingerprint density at radius 1 is 0.865 bits per heavy atom. The number of imide groups is 2. The fourth-order valence-corrected chi connectivity index (χ4v) is 6.23. The van der Waals surface area contributed by atoms with E-state index in [1.165, 1.54) is 4.68 Å². The first-order valence-electron chi connectivity index (χ1n) is 16.9. The highest BCUT2D eigenvalue weighted by Gasteiger charge is 2.44. The van der Waals surface area contributed by atoms with Gasteiger partial charge in [-0.1, -0.05) is 43.3 Å². The van der Waals surface area contributed by atoms with Crippen molar-refractivity contribution in [2.75, 3.05) is 18.5 Å². The first-order valence-corrected chi connectivity index (χ1v) is 16.9. The smallest absolute Gasteiger partial charge is 0.262 e. The average Bonchev–Trinajstić information content (AvgIpc) is 3.78. The minimum Gasteiger partial charge on any atom is -0.494 e. The molecule has 264 valence electrons.